The predicted octanol–water partition coefficient (Wildman–Crippen LogP) is 2.19. The Hall–Kier alpha value is -0.615. The summed E-state index contributed by atoms with van der Waals surface area (Å²) in [5.74, 6) is -4.23. The molecule has 0 aromatic heterocycles. The number of ether oxygens (including phenoxy) is 1. The highest BCUT2D eigenvalue weighted by Gasteiger charge is 2.53. The van der Waals surface area contributed by atoms with Gasteiger partial charge in [0, 0.05) is 24.6 Å². The van der Waals surface area contributed by atoms with Crippen molar-refractivity contribution in [2.75, 3.05) is 31.8 Å². The minimum absolute atomic E-state index is 0.218. The van der Waals surface area contributed by atoms with Gasteiger partial charge in [-0.25, -0.2) is 4.79 Å². The molecule has 1 heterocycles. The van der Waals surface area contributed by atoms with Gasteiger partial charge < -0.3 is 27.8 Å². The minimum Gasteiger partial charge on any atom is -0.483 e. The Kier molecular flexibility index (Phi) is 7.73. The van der Waals surface area contributed by atoms with Crippen molar-refractivity contribution in [1.29, 1.82) is 0 Å². The molecule has 0 bridgehead atoms. The first-order chi connectivity index (χ1) is 11.2. The summed E-state index contributed by atoms with van der Waals surface area (Å²) in [6.07, 6.45) is 0.989. The molecule has 0 saturated carbocycles. The van der Waals surface area contributed by atoms with Crippen LogP contribution in [-0.2, 0) is 37.4 Å². The smallest absolute Gasteiger partial charge is 0.483 e. The number of methoxy groups -OCH3 is 1. The molecule has 2 atom stereocenters. The van der Waals surface area contributed by atoms with Crippen LogP contribution in [0.2, 0.25) is 0 Å². The van der Waals surface area contributed by atoms with E-state index in [2.05, 4.69) is 4.74 Å². The average Bonchev–Trinajstić information content (AvgIpc) is 2.98. The van der Waals surface area contributed by atoms with Gasteiger partial charge in [-0.05, 0) is 0 Å². The molecule has 0 aromatic carbocycles. The largest absolute Gasteiger partial charge is 0.717 e. The molecule has 24 heavy (non-hydrogen) atoms. The summed E-state index contributed by atoms with van der Waals surface area (Å²) in [5, 5.41) is 0. The van der Waals surface area contributed by atoms with Gasteiger partial charge in [0.15, 0.2) is 11.7 Å². The van der Waals surface area contributed by atoms with Crippen LogP contribution >= 0.6 is 14.3 Å². The molecule has 1 saturated heterocycles. The predicted molar refractivity (Wildman–Crippen MR) is 91.0 cm³/mol. The first-order valence-electron chi connectivity index (χ1n) is 7.96. The second kappa shape index (κ2) is 8.66. The molecular formula is C13H25BO8P2. The molecule has 0 spiro atoms. The zero-order valence-electron chi connectivity index (χ0n) is 14.7. The van der Waals surface area contributed by atoms with Crippen LogP contribution in [-0.4, -0.2) is 62.7 Å². The van der Waals surface area contributed by atoms with Gasteiger partial charge in [-0.3, -0.25) is 4.79 Å². The second-order valence-electron chi connectivity index (χ2n) is 5.40. The standard InChI is InChI=1S/C13H25BO8P2/c1-6-23(17,7-2)12(10(15)19-5)21-14-20-11(16)13(22-14)24(18,8-3)9-4/h12-13H,6-9H2,1-5H3. The van der Waals surface area contributed by atoms with Gasteiger partial charge in [0.05, 0.1) is 7.11 Å². The monoisotopic (exact) mass is 382 g/mol. The third-order valence-electron chi connectivity index (χ3n) is 4.29. The van der Waals surface area contributed by atoms with Gasteiger partial charge >= 0.3 is 19.3 Å². The highest BCUT2D eigenvalue weighted by Crippen LogP contribution is 2.54. The Labute approximate surface area is 142 Å². The molecule has 8 nitrogen and oxygen atoms in total. The highest BCUT2D eigenvalue weighted by molar-refractivity contribution is 7.65. The molecule has 1 aliphatic rings. The van der Waals surface area contributed by atoms with Crippen molar-refractivity contribution >= 4 is 33.5 Å². The van der Waals surface area contributed by atoms with Crippen LogP contribution < -0.4 is 0 Å². The highest BCUT2D eigenvalue weighted by atomic mass is 31.2. The number of carbonyl (C=O) groups is 2. The third kappa shape index (κ3) is 4.31. The molecule has 11 heteroatoms. The molecule has 0 radical (unpaired) electrons. The van der Waals surface area contributed by atoms with E-state index in [-0.39, 0.29) is 24.6 Å². The van der Waals surface area contributed by atoms with E-state index in [9.17, 15) is 18.7 Å². The molecular weight excluding hydrogens is 357 g/mol. The summed E-state index contributed by atoms with van der Waals surface area (Å²) in [7, 11) is -6.33. The number of rotatable bonds is 9. The SMILES string of the molecule is CCP(=O)(CC)C(OB1OC(=O)C(P(=O)(CC)CC)O1)C(=O)OC. The Bertz CT molecular complexity index is 550. The average molecular weight is 382 g/mol. The Morgan fingerprint density at radius 2 is 1.71 bits per heavy atom. The van der Waals surface area contributed by atoms with Crippen LogP contribution in [0.4, 0.5) is 0 Å². The zero-order valence-corrected chi connectivity index (χ0v) is 16.5. The van der Waals surface area contributed by atoms with Crippen molar-refractivity contribution in [2.45, 2.75) is 39.4 Å². The fourth-order valence-electron chi connectivity index (χ4n) is 2.38. The van der Waals surface area contributed by atoms with E-state index in [4.69, 9.17) is 14.0 Å². The minimum atomic E-state index is -3.05. The topological polar surface area (TPSA) is 105 Å². The number of carbonyl (C=O) groups excluding carboxylic acids is 2. The van der Waals surface area contributed by atoms with E-state index in [0.717, 1.165) is 7.11 Å². The van der Waals surface area contributed by atoms with E-state index < -0.39 is 45.2 Å². The van der Waals surface area contributed by atoms with Gasteiger partial charge in [0.1, 0.15) is 14.3 Å². The van der Waals surface area contributed by atoms with Gasteiger partial charge in [-0.15, -0.1) is 0 Å². The summed E-state index contributed by atoms with van der Waals surface area (Å²) < 4.78 is 45.8. The van der Waals surface area contributed by atoms with E-state index in [1.165, 1.54) is 0 Å². The number of hydrogen-bond donors (Lipinski definition) is 0. The van der Waals surface area contributed by atoms with E-state index >= 15 is 0 Å². The lowest BCUT2D eigenvalue weighted by Gasteiger charge is -2.24. The van der Waals surface area contributed by atoms with Gasteiger partial charge in [-0.2, -0.15) is 0 Å². The Morgan fingerprint density at radius 3 is 2.12 bits per heavy atom. The maximum absolute atomic E-state index is 12.8. The van der Waals surface area contributed by atoms with E-state index in [1.54, 1.807) is 27.7 Å². The van der Waals surface area contributed by atoms with Crippen molar-refractivity contribution in [1.82, 2.24) is 0 Å². The maximum Gasteiger partial charge on any atom is 0.717 e. The molecule has 1 fully saturated rings. The summed E-state index contributed by atoms with van der Waals surface area (Å²) in [6, 6.07) is 0. The lowest BCUT2D eigenvalue weighted by molar-refractivity contribution is -0.146. The lowest BCUT2D eigenvalue weighted by Crippen LogP contribution is -2.35. The summed E-state index contributed by atoms with van der Waals surface area (Å²) in [4.78, 5) is 23.9. The fraction of sp³-hybridized carbons (Fsp3) is 0.846. The third-order valence-corrected chi connectivity index (χ3v) is 10.9. The van der Waals surface area contributed by atoms with E-state index in [1.807, 2.05) is 0 Å². The van der Waals surface area contributed by atoms with E-state index in [0.29, 0.717) is 0 Å². The summed E-state index contributed by atoms with van der Waals surface area (Å²) >= 11 is 0. The van der Waals surface area contributed by atoms with Crippen molar-refractivity contribution in [3.05, 3.63) is 0 Å². The van der Waals surface area contributed by atoms with Crippen LogP contribution in [0.5, 0.6) is 0 Å². The first kappa shape index (κ1) is 21.4. The molecule has 1 rings (SSSR count). The zero-order chi connectivity index (χ0) is 18.5. The van der Waals surface area contributed by atoms with Crippen molar-refractivity contribution in [2.24, 2.45) is 0 Å². The van der Waals surface area contributed by atoms with Gasteiger partial charge in [0.2, 0.25) is 0 Å². The number of hydrogen-bond acceptors (Lipinski definition) is 8. The van der Waals surface area contributed by atoms with Crippen LogP contribution in [0, 0.1) is 0 Å². The Balaban J connectivity index is 2.98. The molecule has 0 amide bonds. The number of esters is 1. The summed E-state index contributed by atoms with van der Waals surface area (Å²) in [6.45, 7) is 6.76. The van der Waals surface area contributed by atoms with Crippen molar-refractivity contribution < 1.29 is 37.4 Å². The molecule has 1 aliphatic heterocycles. The molecule has 0 N–H and O–H groups in total. The normalized spacial score (nSPS) is 20.0. The molecule has 0 aromatic rings. The van der Waals surface area contributed by atoms with Crippen LogP contribution in [0.1, 0.15) is 27.7 Å². The van der Waals surface area contributed by atoms with Crippen LogP contribution in [0.15, 0.2) is 0 Å². The first-order valence-corrected chi connectivity index (χ1v) is 12.2. The lowest BCUT2D eigenvalue weighted by atomic mass is 10.2. The van der Waals surface area contributed by atoms with Gasteiger partial charge in [-0.1, -0.05) is 27.7 Å². The fourth-order valence-corrected chi connectivity index (χ4v) is 6.18. The molecule has 0 aliphatic carbocycles. The maximum atomic E-state index is 12.8. The Morgan fingerprint density at radius 1 is 1.17 bits per heavy atom. The molecule has 2 unspecified atom stereocenters. The second-order valence-corrected chi connectivity index (χ2v) is 12.7. The van der Waals surface area contributed by atoms with Crippen molar-refractivity contribution in [3.63, 3.8) is 0 Å². The molecule has 138 valence electrons. The quantitative estimate of drug-likeness (QED) is 0.340. The van der Waals surface area contributed by atoms with Crippen LogP contribution in [0.3, 0.4) is 0 Å². The van der Waals surface area contributed by atoms with Crippen LogP contribution in [0.25, 0.3) is 0 Å². The van der Waals surface area contributed by atoms with Crippen molar-refractivity contribution in [3.8, 4) is 0 Å². The van der Waals surface area contributed by atoms with Gasteiger partial charge in [0.25, 0.3) is 0 Å². The summed E-state index contributed by atoms with van der Waals surface area (Å²) in [5.41, 5.74) is 0.